The Hall–Kier alpha value is -0.0500. The lowest BCUT2D eigenvalue weighted by Gasteiger charge is -2.57. The molecule has 3 unspecified atom stereocenters. The van der Waals surface area contributed by atoms with Crippen LogP contribution in [0.2, 0.25) is 0 Å². The largest absolute Gasteiger partial charge is 0.377 e. The molecule has 3 aliphatic rings. The summed E-state index contributed by atoms with van der Waals surface area (Å²) < 4.78 is 5.93. The van der Waals surface area contributed by atoms with Gasteiger partial charge in [0.1, 0.15) is 0 Å². The summed E-state index contributed by atoms with van der Waals surface area (Å²) in [4.78, 5) is 0. The van der Waals surface area contributed by atoms with Gasteiger partial charge in [-0.3, -0.25) is 0 Å². The zero-order valence-corrected chi connectivity index (χ0v) is 10.4. The third-order valence-corrected chi connectivity index (χ3v) is 4.93. The van der Waals surface area contributed by atoms with Crippen molar-refractivity contribution in [2.24, 2.45) is 11.3 Å². The van der Waals surface area contributed by atoms with Gasteiger partial charge in [0.05, 0.1) is 6.10 Å². The van der Waals surface area contributed by atoms with Gasteiger partial charge in [-0.25, -0.2) is 0 Å². The summed E-state index contributed by atoms with van der Waals surface area (Å²) in [6, 6.07) is 0.623. The van der Waals surface area contributed by atoms with E-state index in [0.29, 0.717) is 17.6 Å². The molecule has 3 atom stereocenters. The molecular weight excluding hydrogens is 222 g/mol. The van der Waals surface area contributed by atoms with Crippen molar-refractivity contribution in [3.05, 3.63) is 11.6 Å². The SMILES string of the molecule is C=C(Cl)CNC1C2CCOC2C12CCCC2. The Morgan fingerprint density at radius 3 is 2.88 bits per heavy atom. The fourth-order valence-corrected chi connectivity index (χ4v) is 4.31. The smallest absolute Gasteiger partial charge is 0.0690 e. The fraction of sp³-hybridized carbons (Fsp3) is 0.846. The molecule has 0 aromatic heterocycles. The predicted octanol–water partition coefficient (Wildman–Crippen LogP) is 2.68. The van der Waals surface area contributed by atoms with Crippen molar-refractivity contribution in [3.63, 3.8) is 0 Å². The first-order chi connectivity index (χ1) is 7.74. The van der Waals surface area contributed by atoms with Crippen LogP contribution in [-0.2, 0) is 4.74 Å². The van der Waals surface area contributed by atoms with E-state index in [1.807, 2.05) is 0 Å². The number of rotatable bonds is 3. The van der Waals surface area contributed by atoms with Crippen molar-refractivity contribution in [1.29, 1.82) is 0 Å². The van der Waals surface area contributed by atoms with Gasteiger partial charge < -0.3 is 10.1 Å². The quantitative estimate of drug-likeness (QED) is 0.821. The van der Waals surface area contributed by atoms with Gasteiger partial charge in [-0.2, -0.15) is 0 Å². The highest BCUT2D eigenvalue weighted by atomic mass is 35.5. The van der Waals surface area contributed by atoms with E-state index >= 15 is 0 Å². The van der Waals surface area contributed by atoms with Crippen LogP contribution in [0.15, 0.2) is 11.6 Å². The maximum absolute atomic E-state index is 5.93. The van der Waals surface area contributed by atoms with Crippen LogP contribution in [0.3, 0.4) is 0 Å². The number of halogens is 1. The lowest BCUT2D eigenvalue weighted by molar-refractivity contribution is -0.129. The van der Waals surface area contributed by atoms with Crippen molar-refractivity contribution in [1.82, 2.24) is 5.32 Å². The minimum absolute atomic E-state index is 0.438. The molecule has 0 aromatic rings. The number of hydrogen-bond acceptors (Lipinski definition) is 2. The molecule has 16 heavy (non-hydrogen) atoms. The maximum atomic E-state index is 5.93. The summed E-state index contributed by atoms with van der Waals surface area (Å²) in [6.07, 6.45) is 7.16. The average molecular weight is 242 g/mol. The zero-order chi connectivity index (χ0) is 11.2. The number of nitrogens with one attached hydrogen (secondary N) is 1. The van der Waals surface area contributed by atoms with E-state index in [1.165, 1.54) is 32.1 Å². The van der Waals surface area contributed by atoms with E-state index in [4.69, 9.17) is 16.3 Å². The molecule has 0 amide bonds. The third kappa shape index (κ3) is 1.47. The predicted molar refractivity (Wildman–Crippen MR) is 65.5 cm³/mol. The molecule has 3 heteroatoms. The van der Waals surface area contributed by atoms with Crippen LogP contribution in [0, 0.1) is 11.3 Å². The van der Waals surface area contributed by atoms with Crippen molar-refractivity contribution in [2.45, 2.75) is 44.2 Å². The van der Waals surface area contributed by atoms with Crippen LogP contribution in [0.1, 0.15) is 32.1 Å². The van der Waals surface area contributed by atoms with Crippen LogP contribution in [-0.4, -0.2) is 25.3 Å². The van der Waals surface area contributed by atoms with E-state index in [9.17, 15) is 0 Å². The molecule has 0 bridgehead atoms. The first-order valence-corrected chi connectivity index (χ1v) is 6.80. The fourth-order valence-electron chi connectivity index (χ4n) is 4.23. The Kier molecular flexibility index (Phi) is 2.77. The molecule has 0 radical (unpaired) electrons. The highest BCUT2D eigenvalue weighted by Crippen LogP contribution is 2.60. The van der Waals surface area contributed by atoms with Crippen molar-refractivity contribution >= 4 is 11.6 Å². The Labute approximate surface area is 102 Å². The second-order valence-electron chi connectivity index (χ2n) is 5.56. The molecule has 2 saturated carbocycles. The number of ether oxygens (including phenoxy) is 1. The second-order valence-corrected chi connectivity index (χ2v) is 6.09. The molecule has 1 saturated heterocycles. The maximum Gasteiger partial charge on any atom is 0.0690 e. The van der Waals surface area contributed by atoms with E-state index in [-0.39, 0.29) is 0 Å². The molecule has 1 aliphatic heterocycles. The first-order valence-electron chi connectivity index (χ1n) is 6.42. The van der Waals surface area contributed by atoms with E-state index in [0.717, 1.165) is 24.1 Å². The zero-order valence-electron chi connectivity index (χ0n) is 9.68. The third-order valence-electron chi connectivity index (χ3n) is 4.80. The minimum atomic E-state index is 0.438. The second kappa shape index (κ2) is 4.01. The van der Waals surface area contributed by atoms with Gasteiger partial charge in [-0.05, 0) is 19.3 Å². The highest BCUT2D eigenvalue weighted by molar-refractivity contribution is 6.29. The summed E-state index contributed by atoms with van der Waals surface area (Å²) in [5.74, 6) is 0.731. The molecule has 1 N–H and O–H groups in total. The van der Waals surface area contributed by atoms with E-state index in [1.54, 1.807) is 0 Å². The van der Waals surface area contributed by atoms with E-state index < -0.39 is 0 Å². The first kappa shape index (κ1) is 11.1. The molecule has 2 aliphatic carbocycles. The molecular formula is C13H20ClNO. The van der Waals surface area contributed by atoms with Crippen molar-refractivity contribution in [3.8, 4) is 0 Å². The normalized spacial score (nSPS) is 39.7. The Bertz CT molecular complexity index is 298. The van der Waals surface area contributed by atoms with Gasteiger partial charge in [0.25, 0.3) is 0 Å². The summed E-state index contributed by atoms with van der Waals surface area (Å²) in [6.45, 7) is 5.46. The van der Waals surface area contributed by atoms with Crippen LogP contribution < -0.4 is 5.32 Å². The number of fused-ring (bicyclic) bond motifs is 2. The van der Waals surface area contributed by atoms with Crippen LogP contribution in [0.25, 0.3) is 0 Å². The summed E-state index contributed by atoms with van der Waals surface area (Å²) >= 11 is 5.85. The minimum Gasteiger partial charge on any atom is -0.377 e. The van der Waals surface area contributed by atoms with Gasteiger partial charge >= 0.3 is 0 Å². The van der Waals surface area contributed by atoms with Gasteiger partial charge in [-0.15, -0.1) is 0 Å². The number of hydrogen-bond donors (Lipinski definition) is 1. The highest BCUT2D eigenvalue weighted by Gasteiger charge is 2.64. The average Bonchev–Trinajstić information content (AvgIpc) is 2.82. The Morgan fingerprint density at radius 2 is 2.19 bits per heavy atom. The molecule has 1 heterocycles. The molecule has 90 valence electrons. The Balaban J connectivity index is 1.72. The topological polar surface area (TPSA) is 21.3 Å². The van der Waals surface area contributed by atoms with Crippen molar-refractivity contribution in [2.75, 3.05) is 13.2 Å². The van der Waals surface area contributed by atoms with Gasteiger partial charge in [0, 0.05) is 35.6 Å². The molecule has 0 aromatic carbocycles. The standard InChI is InChI=1S/C13H20ClNO/c1-9(14)8-15-11-10-4-7-16-12(10)13(11)5-2-3-6-13/h10-12,15H,1-8H2. The summed E-state index contributed by atoms with van der Waals surface area (Å²) in [5, 5.41) is 4.33. The van der Waals surface area contributed by atoms with Gasteiger partial charge in [-0.1, -0.05) is 31.0 Å². The molecule has 2 nitrogen and oxygen atoms in total. The van der Waals surface area contributed by atoms with Crippen LogP contribution in [0.5, 0.6) is 0 Å². The van der Waals surface area contributed by atoms with Crippen LogP contribution in [0.4, 0.5) is 0 Å². The lowest BCUT2D eigenvalue weighted by atomic mass is 9.54. The Morgan fingerprint density at radius 1 is 1.44 bits per heavy atom. The summed E-state index contributed by atoms with van der Waals surface area (Å²) in [7, 11) is 0. The molecule has 1 spiro atoms. The van der Waals surface area contributed by atoms with E-state index in [2.05, 4.69) is 11.9 Å². The van der Waals surface area contributed by atoms with Gasteiger partial charge in [0.2, 0.25) is 0 Å². The lowest BCUT2D eigenvalue weighted by Crippen LogP contribution is -2.67. The molecule has 3 rings (SSSR count). The monoisotopic (exact) mass is 241 g/mol. The van der Waals surface area contributed by atoms with Crippen LogP contribution >= 0.6 is 11.6 Å². The molecule has 3 fully saturated rings. The van der Waals surface area contributed by atoms with Crippen molar-refractivity contribution < 1.29 is 4.74 Å². The summed E-state index contributed by atoms with van der Waals surface area (Å²) in [5.41, 5.74) is 0.438. The van der Waals surface area contributed by atoms with Gasteiger partial charge in [0.15, 0.2) is 0 Å².